The Morgan fingerprint density at radius 2 is 1.19 bits per heavy atom. The standard InChI is InChI=1S/C28H35Cl2N5O2.C28H35Cl2N3O2S.C27H28F4N4O2/c1-18(2)34(19(3)17-36)9-10-35(27(37)32-23-13-25(29)33-26(30)14-23)24-7-8-28(15-22(28)12-24)21-6-4-5-20(11-21)16-31;1-36(35)24-7-4-6-20(17-24)28-11-10-23(16-21(28)19-28)33(15-5-14-32-12-2-3-13-32)27(34)31-22-8-9-25(29)26(30)18-22;28-23-5-4-19(13-21(23)27(29,30)31)33-25(37)35(11-10-34-9-7-20(36)16-34)24-6-8-26(14-22(24)26)18-3-1-2-17(12-18)15-32/h4-6,11,13-14,18-19,22,24,36H,7-10,12,15,17H2,1-3H3,(H,32,33,37);4,6-9,17-18,21,23H,2-3,5,10-16,19H2,1H3,(H,31,34);1-5,12-13,20,22,24,36H,6-11,14,16H2,(H,33,37)/t19-,22?,24+,28-;21?,23-,28+,36?;20-,22-,24-,26-/m011/s1. The van der Waals surface area contributed by atoms with Gasteiger partial charge in [0.15, 0.2) is 0 Å². The SMILES string of the molecule is CC(C)N(CCN(C(=O)Nc1cc(Cl)nc(Cl)c1)[C@@H]1CC[C@@]2(c3cccc(C#N)c3)CC2C1)[C@@H](C)CO.CS(=O)c1cccc([C@@]23CC[C@@H](N(CCCN4CCCC4)C(=O)Nc4ccc(Cl)c(Cl)c4)CC2C3)c1.N#Cc1cccc([C@]23CC[C@@H](N(CCN4CC[C@@H](O)C4)C(=O)Nc4ccc(F)c(C(F)(F)F)c4)[C@H]2C3)c1. The third kappa shape index (κ3) is 19.4. The lowest BCUT2D eigenvalue weighted by Gasteiger charge is -2.39. The lowest BCUT2D eigenvalue weighted by atomic mass is 9.80. The number of hydrogen-bond acceptors (Lipinski definition) is 12. The summed E-state index contributed by atoms with van der Waals surface area (Å²) in [5.74, 6) is -0.169. The van der Waals surface area contributed by atoms with E-state index < -0.39 is 40.5 Å². The van der Waals surface area contributed by atoms with Crippen LogP contribution in [0.5, 0.6) is 0 Å². The van der Waals surface area contributed by atoms with Crippen LogP contribution in [0.1, 0.15) is 150 Å². The number of urea groups is 3. The number of fused-ring (bicyclic) bond motifs is 3. The molecule has 8 fully saturated rings. The molecule has 2 aliphatic heterocycles. The number of nitrogens with one attached hydrogen (secondary N) is 3. The van der Waals surface area contributed by atoms with Gasteiger partial charge in [-0.05, 0) is 267 Å². The quantitative estimate of drug-likeness (QED) is 0.0298. The maximum absolute atomic E-state index is 13.8. The van der Waals surface area contributed by atoms with Gasteiger partial charge < -0.3 is 45.8 Å². The van der Waals surface area contributed by atoms with Crippen molar-refractivity contribution in [1.82, 2.24) is 34.4 Å². The molecule has 5 N–H and O–H groups in total. The number of halogens is 8. The fourth-order valence-electron chi connectivity index (χ4n) is 18.5. The van der Waals surface area contributed by atoms with Crippen LogP contribution in [0.2, 0.25) is 20.4 Å². The first-order valence-corrected chi connectivity index (χ1v) is 41.5. The van der Waals surface area contributed by atoms with Crippen molar-refractivity contribution >= 4 is 92.4 Å². The Bertz CT molecular complexity index is 4400. The zero-order chi connectivity index (χ0) is 78.4. The van der Waals surface area contributed by atoms with E-state index in [9.17, 15) is 56.9 Å². The van der Waals surface area contributed by atoms with Gasteiger partial charge in [0.2, 0.25) is 0 Å². The summed E-state index contributed by atoms with van der Waals surface area (Å²) in [6.07, 6.45) is 11.2. The van der Waals surface area contributed by atoms with Crippen LogP contribution >= 0.6 is 46.4 Å². The van der Waals surface area contributed by atoms with Crippen molar-refractivity contribution in [2.45, 2.75) is 181 Å². The molecule has 8 aliphatic rings. The number of rotatable bonds is 23. The summed E-state index contributed by atoms with van der Waals surface area (Å²) in [6, 6.07) is 38.8. The third-order valence-electron chi connectivity index (χ3n) is 24.6. The normalized spacial score (nSPS) is 25.5. The number of anilines is 3. The number of benzene rings is 5. The molecule has 6 amide bonds. The van der Waals surface area contributed by atoms with Crippen molar-refractivity contribution in [2.24, 2.45) is 17.8 Å². The van der Waals surface area contributed by atoms with E-state index >= 15 is 0 Å². The Balaban J connectivity index is 0.000000154. The summed E-state index contributed by atoms with van der Waals surface area (Å²) in [6.45, 7) is 13.7. The number of β-amino-alcohol motifs (C(OH)–C–C–N with tert-alkyl or cyclic N) is 1. The van der Waals surface area contributed by atoms with Crippen molar-refractivity contribution in [3.05, 3.63) is 181 Å². The van der Waals surface area contributed by atoms with E-state index in [-0.39, 0.29) is 87.0 Å². The molecule has 588 valence electrons. The van der Waals surface area contributed by atoms with Gasteiger partial charge in [-0.2, -0.15) is 23.7 Å². The second-order valence-corrected chi connectivity index (χ2v) is 34.6. The molecule has 0 radical (unpaired) electrons. The molecule has 110 heavy (non-hydrogen) atoms. The lowest BCUT2D eigenvalue weighted by molar-refractivity contribution is -0.139. The molecule has 0 bridgehead atoms. The monoisotopic (exact) mass is 1610 g/mol. The molecule has 12 atom stereocenters. The predicted molar refractivity (Wildman–Crippen MR) is 424 cm³/mol. The Morgan fingerprint density at radius 1 is 0.636 bits per heavy atom. The smallest absolute Gasteiger partial charge is 0.395 e. The molecular weight excluding hydrogens is 1510 g/mol. The van der Waals surface area contributed by atoms with Crippen LogP contribution in [0.25, 0.3) is 0 Å². The molecular formula is C83H98Cl4F4N12O6S. The topological polar surface area (TPSA) is 225 Å². The van der Waals surface area contributed by atoms with Gasteiger partial charge in [-0.3, -0.25) is 14.0 Å². The average Bonchev–Trinajstić information content (AvgIpc) is 1.54. The molecule has 27 heteroatoms. The molecule has 3 unspecified atom stereocenters. The van der Waals surface area contributed by atoms with E-state index in [0.717, 1.165) is 107 Å². The molecule has 1 aromatic heterocycles. The van der Waals surface area contributed by atoms with Gasteiger partial charge in [-0.15, -0.1) is 0 Å². The maximum Gasteiger partial charge on any atom is 0.419 e. The number of aliphatic hydroxyl groups excluding tert-OH is 2. The van der Waals surface area contributed by atoms with Gasteiger partial charge in [0.05, 0.1) is 51.6 Å². The van der Waals surface area contributed by atoms with Gasteiger partial charge in [0, 0.05) is 120 Å². The van der Waals surface area contributed by atoms with Crippen LogP contribution < -0.4 is 16.0 Å². The van der Waals surface area contributed by atoms with Crippen molar-refractivity contribution in [1.29, 1.82) is 10.5 Å². The third-order valence-corrected chi connectivity index (χ3v) is 26.7. The first-order chi connectivity index (χ1) is 52.6. The molecule has 6 saturated carbocycles. The number of alkyl halides is 3. The summed E-state index contributed by atoms with van der Waals surface area (Å²) in [7, 11) is -0.975. The minimum atomic E-state index is -4.88. The average molecular weight is 1610 g/mol. The minimum Gasteiger partial charge on any atom is -0.395 e. The van der Waals surface area contributed by atoms with Crippen LogP contribution in [0, 0.1) is 46.2 Å². The number of hydrogen-bond donors (Lipinski definition) is 5. The van der Waals surface area contributed by atoms with Crippen molar-refractivity contribution < 1.29 is 46.4 Å². The Morgan fingerprint density at radius 3 is 1.74 bits per heavy atom. The Hall–Kier alpha value is -7.13. The molecule has 14 rings (SSSR count). The number of nitrogens with zero attached hydrogens (tertiary/aromatic N) is 9. The summed E-state index contributed by atoms with van der Waals surface area (Å²) in [5, 5.41) is 48.2. The first kappa shape index (κ1) is 82.3. The highest BCUT2D eigenvalue weighted by atomic mass is 35.5. The molecule has 6 aromatic rings. The van der Waals surface area contributed by atoms with E-state index in [4.69, 9.17) is 46.4 Å². The van der Waals surface area contributed by atoms with Gasteiger partial charge in [-0.25, -0.2) is 23.8 Å². The van der Waals surface area contributed by atoms with E-state index in [1.54, 1.807) is 47.6 Å². The van der Waals surface area contributed by atoms with Crippen LogP contribution in [0.4, 0.5) is 49.0 Å². The molecule has 5 aromatic carbocycles. The minimum absolute atomic E-state index is 0.00225. The van der Waals surface area contributed by atoms with Crippen LogP contribution in [-0.4, -0.2) is 182 Å². The van der Waals surface area contributed by atoms with Gasteiger partial charge >= 0.3 is 24.3 Å². The highest BCUT2D eigenvalue weighted by Crippen LogP contribution is 2.66. The summed E-state index contributed by atoms with van der Waals surface area (Å²) >= 11 is 24.4. The van der Waals surface area contributed by atoms with Gasteiger partial charge in [0.1, 0.15) is 16.1 Å². The van der Waals surface area contributed by atoms with Crippen LogP contribution in [-0.2, 0) is 33.2 Å². The summed E-state index contributed by atoms with van der Waals surface area (Å²) in [4.78, 5) is 57.9. The van der Waals surface area contributed by atoms with Crippen LogP contribution in [0.3, 0.4) is 0 Å². The summed E-state index contributed by atoms with van der Waals surface area (Å²) < 4.78 is 65.4. The van der Waals surface area contributed by atoms with Crippen molar-refractivity contribution in [3.63, 3.8) is 0 Å². The number of pyridine rings is 1. The maximum atomic E-state index is 13.8. The first-order valence-electron chi connectivity index (χ1n) is 38.5. The van der Waals surface area contributed by atoms with E-state index in [1.807, 2.05) is 60.4 Å². The number of amides is 6. The second-order valence-electron chi connectivity index (χ2n) is 31.6. The van der Waals surface area contributed by atoms with E-state index in [0.29, 0.717) is 102 Å². The number of aromatic nitrogens is 1. The highest BCUT2D eigenvalue weighted by molar-refractivity contribution is 7.84. The zero-order valence-corrected chi connectivity index (χ0v) is 66.5. The molecule has 2 saturated heterocycles. The predicted octanol–water partition coefficient (Wildman–Crippen LogP) is 17.0. The van der Waals surface area contributed by atoms with E-state index in [1.165, 1.54) is 37.1 Å². The van der Waals surface area contributed by atoms with Crippen molar-refractivity contribution in [2.75, 3.05) is 94.3 Å². The molecule has 3 heterocycles. The number of nitriles is 2. The number of carbonyl (C=O) groups is 3. The Labute approximate surface area is 665 Å². The highest BCUT2D eigenvalue weighted by Gasteiger charge is 2.64. The zero-order valence-electron chi connectivity index (χ0n) is 62.6. The van der Waals surface area contributed by atoms with Crippen molar-refractivity contribution in [3.8, 4) is 12.1 Å². The summed E-state index contributed by atoms with van der Waals surface area (Å²) in [5.41, 5.74) is 4.74. The molecule has 18 nitrogen and oxygen atoms in total. The number of aliphatic hydroxyl groups is 2. The fraction of sp³-hybridized carbons (Fsp3) is 0.518. The second kappa shape index (κ2) is 35.5. The lowest BCUT2D eigenvalue weighted by Crippen LogP contribution is -2.51. The Kier molecular flexibility index (Phi) is 26.6. The van der Waals surface area contributed by atoms with E-state index in [2.05, 4.69) is 84.7 Å². The fourth-order valence-corrected chi connectivity index (χ4v) is 19.9. The van der Waals surface area contributed by atoms with Gasteiger partial charge in [-0.1, -0.05) is 82.8 Å². The number of carbonyl (C=O) groups excluding carboxylic acids is 3. The molecule has 0 spiro atoms. The largest absolute Gasteiger partial charge is 0.419 e. The number of likely N-dealkylation sites (tertiary alicyclic amines) is 2. The van der Waals surface area contributed by atoms with Gasteiger partial charge in [0.25, 0.3) is 0 Å². The molecule has 6 aliphatic carbocycles. The van der Waals surface area contributed by atoms with Crippen LogP contribution in [0.15, 0.2) is 126 Å².